The number of carbonyl (C=O) groups excluding carboxylic acids is 1. The fourth-order valence-electron chi connectivity index (χ4n) is 2.56. The van der Waals surface area contributed by atoms with Gasteiger partial charge < -0.3 is 4.74 Å². The fourth-order valence-corrected chi connectivity index (χ4v) is 2.56. The minimum absolute atomic E-state index is 0.182. The van der Waals surface area contributed by atoms with E-state index in [-0.39, 0.29) is 5.91 Å². The Balaban J connectivity index is 1.76. The number of rotatable bonds is 6. The summed E-state index contributed by atoms with van der Waals surface area (Å²) < 4.78 is 5.84. The Hall–Kier alpha value is -1.65. The summed E-state index contributed by atoms with van der Waals surface area (Å²) in [5, 5.41) is 0. The molecule has 1 aromatic rings. The van der Waals surface area contributed by atoms with Crippen molar-refractivity contribution in [1.29, 1.82) is 0 Å². The van der Waals surface area contributed by atoms with E-state index in [0.717, 1.165) is 30.6 Å². The Morgan fingerprint density at radius 2 is 1.90 bits per heavy atom. The van der Waals surface area contributed by atoms with Gasteiger partial charge in [0, 0.05) is 0 Å². The lowest BCUT2D eigenvalue weighted by Gasteiger charge is -2.24. The summed E-state index contributed by atoms with van der Waals surface area (Å²) >= 11 is 0. The van der Waals surface area contributed by atoms with Crippen LogP contribution in [-0.4, -0.2) is 12.5 Å². The van der Waals surface area contributed by atoms with E-state index in [9.17, 15) is 4.79 Å². The molecule has 0 radical (unpaired) electrons. The van der Waals surface area contributed by atoms with Crippen LogP contribution >= 0.6 is 0 Å². The van der Waals surface area contributed by atoms with Gasteiger partial charge in [-0.2, -0.15) is 0 Å². The second-order valence-corrected chi connectivity index (χ2v) is 5.76. The van der Waals surface area contributed by atoms with Gasteiger partial charge in [0.15, 0.2) is 0 Å². The van der Waals surface area contributed by atoms with Crippen molar-refractivity contribution in [3.63, 3.8) is 0 Å². The zero-order chi connectivity index (χ0) is 15.1. The lowest BCUT2D eigenvalue weighted by molar-refractivity contribution is -0.120. The van der Waals surface area contributed by atoms with Gasteiger partial charge in [0.1, 0.15) is 0 Å². The molecule has 0 aliphatic heterocycles. The molecule has 4 nitrogen and oxygen atoms in total. The third-order valence-corrected chi connectivity index (χ3v) is 4.07. The molecule has 3 N–H and O–H groups in total. The van der Waals surface area contributed by atoms with E-state index in [0.29, 0.717) is 24.9 Å². The van der Waals surface area contributed by atoms with E-state index in [4.69, 9.17) is 10.6 Å². The molecule has 0 aromatic heterocycles. The lowest BCUT2D eigenvalue weighted by atomic mass is 9.85. The van der Waals surface area contributed by atoms with Crippen molar-refractivity contribution in [2.24, 2.45) is 17.7 Å². The van der Waals surface area contributed by atoms with Gasteiger partial charge in [-0.3, -0.25) is 10.2 Å². The number of amides is 1. The average molecular weight is 288 g/mol. The zero-order valence-electron chi connectivity index (χ0n) is 12.5. The third kappa shape index (κ3) is 4.99. The smallest absolute Gasteiger partial charge is 0.238 e. The molecule has 2 atom stereocenters. The first-order valence-electron chi connectivity index (χ1n) is 7.49. The van der Waals surface area contributed by atoms with Crippen LogP contribution in [0.4, 0.5) is 0 Å². The first kappa shape index (κ1) is 15.7. The highest BCUT2D eigenvalue weighted by atomic mass is 16.5. The number of hydrazine groups is 1. The average Bonchev–Trinajstić information content (AvgIpc) is 2.51. The minimum atomic E-state index is -0.182. The maximum atomic E-state index is 11.2. The predicted molar refractivity (Wildman–Crippen MR) is 83.2 cm³/mol. The van der Waals surface area contributed by atoms with Crippen LogP contribution in [0.25, 0.3) is 0 Å². The SMILES string of the molecule is CC1CC=CCC1COCc1ccc(CC(=O)NN)cc1. The molecular formula is C17H24N2O2. The molecule has 0 fully saturated rings. The first-order valence-corrected chi connectivity index (χ1v) is 7.49. The Kier molecular flexibility index (Phi) is 5.96. The number of hydrogen-bond acceptors (Lipinski definition) is 3. The van der Waals surface area contributed by atoms with Crippen molar-refractivity contribution in [3.05, 3.63) is 47.5 Å². The molecule has 0 saturated heterocycles. The standard InChI is InChI=1S/C17H24N2O2/c1-13-4-2-3-5-16(13)12-21-11-15-8-6-14(7-9-15)10-17(20)19-18/h2-3,6-9,13,16H,4-5,10-12,18H2,1H3,(H,19,20). The van der Waals surface area contributed by atoms with Crippen molar-refractivity contribution in [3.8, 4) is 0 Å². The molecule has 1 aromatic carbocycles. The Bertz CT molecular complexity index is 482. The van der Waals surface area contributed by atoms with Crippen molar-refractivity contribution < 1.29 is 9.53 Å². The maximum absolute atomic E-state index is 11.2. The number of nitrogens with two attached hydrogens (primary N) is 1. The summed E-state index contributed by atoms with van der Waals surface area (Å²) in [5.41, 5.74) is 4.22. The Morgan fingerprint density at radius 1 is 1.24 bits per heavy atom. The van der Waals surface area contributed by atoms with Crippen LogP contribution in [0.15, 0.2) is 36.4 Å². The summed E-state index contributed by atoms with van der Waals surface area (Å²) in [5.74, 6) is 6.22. The Morgan fingerprint density at radius 3 is 2.57 bits per heavy atom. The minimum Gasteiger partial charge on any atom is -0.376 e. The van der Waals surface area contributed by atoms with Gasteiger partial charge in [0.25, 0.3) is 0 Å². The van der Waals surface area contributed by atoms with Crippen molar-refractivity contribution >= 4 is 5.91 Å². The molecule has 21 heavy (non-hydrogen) atoms. The van der Waals surface area contributed by atoms with Crippen molar-refractivity contribution in [1.82, 2.24) is 5.43 Å². The monoisotopic (exact) mass is 288 g/mol. The quantitative estimate of drug-likeness (QED) is 0.365. The lowest BCUT2D eigenvalue weighted by Crippen LogP contribution is -2.31. The largest absolute Gasteiger partial charge is 0.376 e. The number of ether oxygens (including phenoxy) is 1. The second-order valence-electron chi connectivity index (χ2n) is 5.76. The maximum Gasteiger partial charge on any atom is 0.238 e. The second kappa shape index (κ2) is 7.96. The number of benzene rings is 1. The van der Waals surface area contributed by atoms with E-state index < -0.39 is 0 Å². The van der Waals surface area contributed by atoms with E-state index in [2.05, 4.69) is 24.5 Å². The third-order valence-electron chi connectivity index (χ3n) is 4.07. The highest BCUT2D eigenvalue weighted by Crippen LogP contribution is 2.25. The molecule has 1 amide bonds. The molecule has 0 bridgehead atoms. The molecule has 1 aliphatic carbocycles. The van der Waals surface area contributed by atoms with Crippen LogP contribution in [-0.2, 0) is 22.6 Å². The summed E-state index contributed by atoms with van der Waals surface area (Å²) in [6.07, 6.45) is 7.10. The molecular weight excluding hydrogens is 264 g/mol. The molecule has 2 rings (SSSR count). The summed E-state index contributed by atoms with van der Waals surface area (Å²) in [6.45, 7) is 3.72. The van der Waals surface area contributed by atoms with Crippen molar-refractivity contribution in [2.75, 3.05) is 6.61 Å². The van der Waals surface area contributed by atoms with E-state index in [1.165, 1.54) is 0 Å². The molecule has 2 unspecified atom stereocenters. The van der Waals surface area contributed by atoms with E-state index in [1.807, 2.05) is 24.3 Å². The molecule has 0 spiro atoms. The van der Waals surface area contributed by atoms with Gasteiger partial charge in [-0.25, -0.2) is 5.84 Å². The van der Waals surface area contributed by atoms with Gasteiger partial charge in [-0.05, 0) is 35.8 Å². The molecule has 114 valence electrons. The summed E-state index contributed by atoms with van der Waals surface area (Å²) in [6, 6.07) is 7.90. The number of nitrogens with one attached hydrogen (secondary N) is 1. The van der Waals surface area contributed by atoms with Crippen LogP contribution in [0.1, 0.15) is 30.9 Å². The topological polar surface area (TPSA) is 64.3 Å². The normalized spacial score (nSPS) is 21.2. The Labute approximate surface area is 126 Å². The molecule has 0 saturated carbocycles. The predicted octanol–water partition coefficient (Wildman–Crippen LogP) is 2.34. The van der Waals surface area contributed by atoms with E-state index in [1.54, 1.807) is 0 Å². The highest BCUT2D eigenvalue weighted by Gasteiger charge is 2.18. The number of allylic oxidation sites excluding steroid dienone is 2. The van der Waals surface area contributed by atoms with Crippen LogP contribution < -0.4 is 11.3 Å². The van der Waals surface area contributed by atoms with Crippen molar-refractivity contribution in [2.45, 2.75) is 32.8 Å². The van der Waals surface area contributed by atoms with Crippen LogP contribution in [0.2, 0.25) is 0 Å². The number of hydrogen-bond donors (Lipinski definition) is 2. The van der Waals surface area contributed by atoms with Gasteiger partial charge in [0.05, 0.1) is 19.6 Å². The van der Waals surface area contributed by atoms with Crippen LogP contribution in [0.5, 0.6) is 0 Å². The zero-order valence-corrected chi connectivity index (χ0v) is 12.5. The fraction of sp³-hybridized carbons (Fsp3) is 0.471. The van der Waals surface area contributed by atoms with Gasteiger partial charge in [-0.15, -0.1) is 0 Å². The summed E-state index contributed by atoms with van der Waals surface area (Å²) in [7, 11) is 0. The van der Waals surface area contributed by atoms with Crippen LogP contribution in [0, 0.1) is 11.8 Å². The molecule has 1 aliphatic rings. The molecule has 0 heterocycles. The highest BCUT2D eigenvalue weighted by molar-refractivity contribution is 5.77. The first-order chi connectivity index (χ1) is 10.2. The van der Waals surface area contributed by atoms with Crippen LogP contribution in [0.3, 0.4) is 0 Å². The van der Waals surface area contributed by atoms with E-state index >= 15 is 0 Å². The number of carbonyl (C=O) groups is 1. The van der Waals surface area contributed by atoms with Gasteiger partial charge in [-0.1, -0.05) is 43.3 Å². The van der Waals surface area contributed by atoms with Gasteiger partial charge in [0.2, 0.25) is 5.91 Å². The molecule has 4 heteroatoms. The summed E-state index contributed by atoms with van der Waals surface area (Å²) in [4.78, 5) is 11.2. The van der Waals surface area contributed by atoms with Gasteiger partial charge >= 0.3 is 0 Å².